The van der Waals surface area contributed by atoms with Gasteiger partial charge in [-0.2, -0.15) is 13.2 Å². The van der Waals surface area contributed by atoms with Crippen molar-refractivity contribution in [2.75, 3.05) is 5.33 Å². The molecule has 0 fully saturated rings. The predicted molar refractivity (Wildman–Crippen MR) is 61.7 cm³/mol. The van der Waals surface area contributed by atoms with Crippen LogP contribution in [0.2, 0.25) is 5.02 Å². The Morgan fingerprint density at radius 1 is 1.31 bits per heavy atom. The Balaban J connectivity index is 2.98. The van der Waals surface area contributed by atoms with Crippen molar-refractivity contribution in [1.29, 1.82) is 0 Å². The number of hydrogen-bond donors (Lipinski definition) is 0. The van der Waals surface area contributed by atoms with Crippen LogP contribution in [-0.2, 0) is 6.18 Å². The Kier molecular flexibility index (Phi) is 4.69. The highest BCUT2D eigenvalue weighted by molar-refractivity contribution is 9.09. The summed E-state index contributed by atoms with van der Waals surface area (Å²) >= 11 is 8.90. The summed E-state index contributed by atoms with van der Waals surface area (Å²) in [5.74, 6) is 5.50. The van der Waals surface area contributed by atoms with Crippen molar-refractivity contribution in [1.82, 2.24) is 0 Å². The Morgan fingerprint density at radius 3 is 2.50 bits per heavy atom. The fraction of sp³-hybridized carbons (Fsp3) is 0.273. The van der Waals surface area contributed by atoms with Gasteiger partial charge in [0, 0.05) is 17.3 Å². The molecule has 86 valence electrons. The molecule has 0 aliphatic rings. The van der Waals surface area contributed by atoms with Crippen LogP contribution in [0.1, 0.15) is 17.5 Å². The summed E-state index contributed by atoms with van der Waals surface area (Å²) in [5.41, 5.74) is -0.348. The predicted octanol–water partition coefficient (Wildman–Crippen LogP) is 4.50. The first-order valence-corrected chi connectivity index (χ1v) is 5.86. The lowest BCUT2D eigenvalue weighted by Crippen LogP contribution is -2.04. The largest absolute Gasteiger partial charge is 0.416 e. The third-order valence-electron chi connectivity index (χ3n) is 1.74. The third-order valence-corrected chi connectivity index (χ3v) is 2.45. The molecule has 0 aromatic heterocycles. The average molecular weight is 312 g/mol. The number of benzene rings is 1. The van der Waals surface area contributed by atoms with E-state index in [-0.39, 0.29) is 5.02 Å². The maximum absolute atomic E-state index is 12.3. The monoisotopic (exact) mass is 310 g/mol. The fourth-order valence-electron chi connectivity index (χ4n) is 0.998. The van der Waals surface area contributed by atoms with Crippen LogP contribution in [0, 0.1) is 11.8 Å². The normalized spacial score (nSPS) is 10.8. The first-order valence-electron chi connectivity index (χ1n) is 4.36. The molecule has 0 amide bonds. The van der Waals surface area contributed by atoms with Crippen molar-refractivity contribution in [3.63, 3.8) is 0 Å². The smallest absolute Gasteiger partial charge is 0.166 e. The third kappa shape index (κ3) is 3.73. The van der Waals surface area contributed by atoms with E-state index in [1.165, 1.54) is 6.07 Å². The van der Waals surface area contributed by atoms with Gasteiger partial charge in [-0.1, -0.05) is 39.4 Å². The second-order valence-electron chi connectivity index (χ2n) is 2.93. The number of halogens is 5. The zero-order chi connectivity index (χ0) is 12.2. The van der Waals surface area contributed by atoms with E-state index in [1.54, 1.807) is 0 Å². The summed E-state index contributed by atoms with van der Waals surface area (Å²) in [5, 5.41) is 0.745. The molecule has 0 saturated heterocycles. The van der Waals surface area contributed by atoms with Gasteiger partial charge in [0.05, 0.1) is 10.6 Å². The van der Waals surface area contributed by atoms with Crippen molar-refractivity contribution in [3.05, 3.63) is 34.3 Å². The molecule has 1 aromatic carbocycles. The zero-order valence-corrected chi connectivity index (χ0v) is 10.4. The Hall–Kier alpha value is -0.660. The number of hydrogen-bond acceptors (Lipinski definition) is 0. The zero-order valence-electron chi connectivity index (χ0n) is 8.04. The fourth-order valence-corrected chi connectivity index (χ4v) is 1.42. The minimum atomic E-state index is -4.37. The lowest BCUT2D eigenvalue weighted by molar-refractivity contribution is -0.137. The first kappa shape index (κ1) is 13.4. The molecule has 0 saturated carbocycles. The highest BCUT2D eigenvalue weighted by Crippen LogP contribution is 2.31. The standard InChI is InChI=1S/C11H7BrClF3/c12-6-2-1-3-8-4-5-9(7-10(8)13)11(14,15)16/h4-5,7H,2,6H2. The van der Waals surface area contributed by atoms with E-state index in [0.29, 0.717) is 12.0 Å². The molecular formula is C11H7BrClF3. The van der Waals surface area contributed by atoms with Crippen molar-refractivity contribution < 1.29 is 13.2 Å². The van der Waals surface area contributed by atoms with Gasteiger partial charge in [-0.05, 0) is 18.2 Å². The summed E-state index contributed by atoms with van der Waals surface area (Å²) < 4.78 is 36.9. The molecule has 0 radical (unpaired) electrons. The second-order valence-corrected chi connectivity index (χ2v) is 4.13. The topological polar surface area (TPSA) is 0 Å². The van der Waals surface area contributed by atoms with E-state index in [1.807, 2.05) is 0 Å². The Morgan fingerprint density at radius 2 is 2.00 bits per heavy atom. The van der Waals surface area contributed by atoms with Gasteiger partial charge in [0.2, 0.25) is 0 Å². The van der Waals surface area contributed by atoms with Gasteiger partial charge < -0.3 is 0 Å². The van der Waals surface area contributed by atoms with Gasteiger partial charge in [0.25, 0.3) is 0 Å². The van der Waals surface area contributed by atoms with Crippen LogP contribution < -0.4 is 0 Å². The Labute approximate surface area is 105 Å². The van der Waals surface area contributed by atoms with E-state index in [2.05, 4.69) is 27.8 Å². The average Bonchev–Trinajstić information content (AvgIpc) is 2.19. The number of rotatable bonds is 1. The van der Waals surface area contributed by atoms with Crippen LogP contribution in [0.15, 0.2) is 18.2 Å². The van der Waals surface area contributed by atoms with Crippen LogP contribution in [-0.4, -0.2) is 5.33 Å². The van der Waals surface area contributed by atoms with Crippen molar-refractivity contribution in [2.45, 2.75) is 12.6 Å². The van der Waals surface area contributed by atoms with Gasteiger partial charge in [-0.15, -0.1) is 0 Å². The van der Waals surface area contributed by atoms with Crippen LogP contribution in [0.25, 0.3) is 0 Å². The van der Waals surface area contributed by atoms with Gasteiger partial charge in [0.1, 0.15) is 0 Å². The molecular weight excluding hydrogens is 304 g/mol. The molecule has 0 bridgehead atoms. The molecule has 0 unspecified atom stereocenters. The molecule has 0 heterocycles. The van der Waals surface area contributed by atoms with E-state index < -0.39 is 11.7 Å². The van der Waals surface area contributed by atoms with Crippen LogP contribution in [0.3, 0.4) is 0 Å². The lowest BCUT2D eigenvalue weighted by atomic mass is 10.1. The molecule has 0 spiro atoms. The first-order chi connectivity index (χ1) is 7.45. The highest BCUT2D eigenvalue weighted by Gasteiger charge is 2.30. The molecule has 5 heteroatoms. The van der Waals surface area contributed by atoms with Gasteiger partial charge in [-0.3, -0.25) is 0 Å². The molecule has 1 aromatic rings. The van der Waals surface area contributed by atoms with Crippen LogP contribution in [0.5, 0.6) is 0 Å². The van der Waals surface area contributed by atoms with Gasteiger partial charge >= 0.3 is 6.18 Å². The van der Waals surface area contributed by atoms with Crippen LogP contribution >= 0.6 is 27.5 Å². The molecule has 0 aliphatic heterocycles. The van der Waals surface area contributed by atoms with Crippen molar-refractivity contribution in [3.8, 4) is 11.8 Å². The molecule has 0 nitrogen and oxygen atoms in total. The van der Waals surface area contributed by atoms with Crippen molar-refractivity contribution >= 4 is 27.5 Å². The van der Waals surface area contributed by atoms with E-state index in [9.17, 15) is 13.2 Å². The molecule has 16 heavy (non-hydrogen) atoms. The van der Waals surface area contributed by atoms with E-state index >= 15 is 0 Å². The molecule has 0 atom stereocenters. The maximum Gasteiger partial charge on any atom is 0.416 e. The maximum atomic E-state index is 12.3. The van der Waals surface area contributed by atoms with E-state index in [0.717, 1.165) is 17.5 Å². The summed E-state index contributed by atoms with van der Waals surface area (Å²) in [6, 6.07) is 3.15. The second kappa shape index (κ2) is 5.60. The summed E-state index contributed by atoms with van der Waals surface area (Å²) in [7, 11) is 0. The summed E-state index contributed by atoms with van der Waals surface area (Å²) in [4.78, 5) is 0. The molecule has 1 rings (SSSR count). The summed E-state index contributed by atoms with van der Waals surface area (Å²) in [6.07, 6.45) is -3.75. The lowest BCUT2D eigenvalue weighted by Gasteiger charge is -2.07. The quantitative estimate of drug-likeness (QED) is 0.529. The van der Waals surface area contributed by atoms with Gasteiger partial charge in [0.15, 0.2) is 0 Å². The highest BCUT2D eigenvalue weighted by atomic mass is 79.9. The Bertz CT molecular complexity index is 429. The van der Waals surface area contributed by atoms with E-state index in [4.69, 9.17) is 11.6 Å². The number of alkyl halides is 4. The summed E-state index contributed by atoms with van der Waals surface area (Å²) in [6.45, 7) is 0. The van der Waals surface area contributed by atoms with Gasteiger partial charge in [-0.25, -0.2) is 0 Å². The SMILES string of the molecule is FC(F)(F)c1ccc(C#CCCBr)c(Cl)c1. The minimum Gasteiger partial charge on any atom is -0.166 e. The molecule has 0 N–H and O–H groups in total. The van der Waals surface area contributed by atoms with Crippen LogP contribution in [0.4, 0.5) is 13.2 Å². The minimum absolute atomic E-state index is 0.0249. The van der Waals surface area contributed by atoms with Crippen molar-refractivity contribution in [2.24, 2.45) is 0 Å². The molecule has 0 aliphatic carbocycles.